The summed E-state index contributed by atoms with van der Waals surface area (Å²) in [4.78, 5) is 32.0. The fraction of sp³-hybridized carbons (Fsp3) is 0.333. The zero-order valence-corrected chi connectivity index (χ0v) is 23.1. The van der Waals surface area contributed by atoms with E-state index in [0.717, 1.165) is 11.8 Å². The average molecular weight is 571 g/mol. The van der Waals surface area contributed by atoms with Crippen molar-refractivity contribution in [3.05, 3.63) is 101 Å². The molecule has 2 N–H and O–H groups in total. The maximum Gasteiger partial charge on any atom is 0.415 e. The van der Waals surface area contributed by atoms with E-state index < -0.39 is 17.7 Å². The van der Waals surface area contributed by atoms with E-state index in [0.29, 0.717) is 49.7 Å². The number of hydrogen-bond acceptors (Lipinski definition) is 5. The fourth-order valence-corrected chi connectivity index (χ4v) is 5.34. The third kappa shape index (κ3) is 7.01. The summed E-state index contributed by atoms with van der Waals surface area (Å²) in [6, 6.07) is 12.3. The van der Waals surface area contributed by atoms with Gasteiger partial charge in [0, 0.05) is 62.0 Å². The van der Waals surface area contributed by atoms with Crippen LogP contribution in [0.1, 0.15) is 24.3 Å². The molecule has 4 rings (SSSR count). The van der Waals surface area contributed by atoms with Gasteiger partial charge in [0.15, 0.2) is 0 Å². The molecule has 7 nitrogen and oxygen atoms in total. The molecule has 2 aromatic carbocycles. The molecule has 0 radical (unpaired) electrons. The van der Waals surface area contributed by atoms with Gasteiger partial charge in [-0.2, -0.15) is 0 Å². The molecule has 2 aliphatic heterocycles. The van der Waals surface area contributed by atoms with Crippen LogP contribution in [0.3, 0.4) is 0 Å². The number of allylic oxidation sites excluding steroid dienone is 3. The van der Waals surface area contributed by atoms with Crippen molar-refractivity contribution in [2.45, 2.75) is 24.8 Å². The van der Waals surface area contributed by atoms with E-state index in [1.54, 1.807) is 25.3 Å². The van der Waals surface area contributed by atoms with Crippen molar-refractivity contribution in [2.75, 3.05) is 33.2 Å². The van der Waals surface area contributed by atoms with Crippen molar-refractivity contribution in [2.24, 2.45) is 11.7 Å². The lowest BCUT2D eigenvalue weighted by molar-refractivity contribution is -0.136. The van der Waals surface area contributed by atoms with Gasteiger partial charge in [0.05, 0.1) is 6.04 Å². The molecule has 2 aromatic rings. The molecule has 2 atom stereocenters. The highest BCUT2D eigenvalue weighted by atomic mass is 35.5. The number of nitrogens with two attached hydrogens (primary N) is 1. The van der Waals surface area contributed by atoms with Gasteiger partial charge >= 0.3 is 6.09 Å². The molecular formula is C30H33ClF2N4O3. The highest BCUT2D eigenvalue weighted by Gasteiger charge is 2.42. The molecule has 40 heavy (non-hydrogen) atoms. The lowest BCUT2D eigenvalue weighted by Gasteiger charge is -2.35. The Balaban J connectivity index is 1.44. The van der Waals surface area contributed by atoms with Crippen LogP contribution in [-0.4, -0.2) is 66.0 Å². The van der Waals surface area contributed by atoms with Crippen LogP contribution >= 0.6 is 11.6 Å². The van der Waals surface area contributed by atoms with Crippen LogP contribution in [-0.2, 0) is 4.79 Å². The zero-order valence-electron chi connectivity index (χ0n) is 22.3. The van der Waals surface area contributed by atoms with Gasteiger partial charge in [-0.15, -0.1) is 0 Å². The van der Waals surface area contributed by atoms with Gasteiger partial charge in [0.25, 0.3) is 0 Å². The molecule has 212 valence electrons. The van der Waals surface area contributed by atoms with Crippen molar-refractivity contribution in [3.8, 4) is 5.75 Å². The molecule has 0 aliphatic carbocycles. The summed E-state index contributed by atoms with van der Waals surface area (Å²) >= 11 is 6.11. The average Bonchev–Trinajstić information content (AvgIpc) is 3.42. The Morgan fingerprint density at radius 2 is 1.70 bits per heavy atom. The number of hydrogen-bond donors (Lipinski definition) is 1. The van der Waals surface area contributed by atoms with Crippen LogP contribution < -0.4 is 10.5 Å². The Hall–Kier alpha value is -3.85. The largest absolute Gasteiger partial charge is 0.415 e. The maximum absolute atomic E-state index is 13.6. The predicted molar refractivity (Wildman–Crippen MR) is 151 cm³/mol. The lowest BCUT2D eigenvalue weighted by Crippen LogP contribution is -2.45. The molecule has 2 amide bonds. The van der Waals surface area contributed by atoms with Crippen molar-refractivity contribution >= 4 is 23.6 Å². The minimum atomic E-state index is -0.592. The number of piperidine rings is 1. The smallest absolute Gasteiger partial charge is 0.410 e. The second-order valence-corrected chi connectivity index (χ2v) is 10.5. The molecule has 2 heterocycles. The number of nitrogens with zero attached hydrogens (tertiary/aromatic N) is 3. The summed E-state index contributed by atoms with van der Waals surface area (Å²) in [6.45, 7) is 6.03. The Labute approximate surface area is 238 Å². The number of amides is 2. The number of halogens is 3. The van der Waals surface area contributed by atoms with E-state index in [1.807, 2.05) is 21.9 Å². The van der Waals surface area contributed by atoms with Gasteiger partial charge in [-0.05, 0) is 67.0 Å². The number of carbonyl (C=O) groups excluding carboxylic acids is 2. The number of carbonyl (C=O) groups is 2. The van der Waals surface area contributed by atoms with Crippen LogP contribution in [0, 0.1) is 11.7 Å². The maximum atomic E-state index is 13.6. The molecule has 0 spiro atoms. The van der Waals surface area contributed by atoms with Crippen LogP contribution in [0.4, 0.5) is 13.6 Å². The summed E-state index contributed by atoms with van der Waals surface area (Å²) in [5.74, 6) is -1.02. The minimum Gasteiger partial charge on any atom is -0.410 e. The quantitative estimate of drug-likeness (QED) is 0.448. The summed E-state index contributed by atoms with van der Waals surface area (Å²) in [5, 5.41) is 0.597. The second-order valence-electron chi connectivity index (χ2n) is 10.0. The van der Waals surface area contributed by atoms with Gasteiger partial charge in [0.2, 0.25) is 5.91 Å². The molecular weight excluding hydrogens is 538 g/mol. The van der Waals surface area contributed by atoms with Crippen LogP contribution in [0.5, 0.6) is 5.75 Å². The number of ether oxygens (including phenoxy) is 1. The van der Waals surface area contributed by atoms with E-state index in [4.69, 9.17) is 22.1 Å². The highest BCUT2D eigenvalue weighted by molar-refractivity contribution is 6.30. The first-order valence-electron chi connectivity index (χ1n) is 13.1. The lowest BCUT2D eigenvalue weighted by atomic mass is 9.93. The van der Waals surface area contributed by atoms with Gasteiger partial charge in [-0.25, -0.2) is 13.6 Å². The third-order valence-electron chi connectivity index (χ3n) is 7.55. The Bertz CT molecular complexity index is 1270. The van der Waals surface area contributed by atoms with Crippen molar-refractivity contribution in [1.29, 1.82) is 0 Å². The molecule has 2 aliphatic rings. The van der Waals surface area contributed by atoms with E-state index in [9.17, 15) is 18.4 Å². The fourth-order valence-electron chi connectivity index (χ4n) is 5.22. The Morgan fingerprint density at radius 3 is 2.33 bits per heavy atom. The molecule has 2 fully saturated rings. The highest BCUT2D eigenvalue weighted by Crippen LogP contribution is 2.34. The molecule has 0 saturated carbocycles. The first-order valence-corrected chi connectivity index (χ1v) is 13.5. The van der Waals surface area contributed by atoms with Crippen molar-refractivity contribution < 1.29 is 23.1 Å². The first-order chi connectivity index (χ1) is 19.2. The number of benzene rings is 2. The van der Waals surface area contributed by atoms with Gasteiger partial charge in [0.1, 0.15) is 17.4 Å². The van der Waals surface area contributed by atoms with Crippen molar-refractivity contribution in [1.82, 2.24) is 14.7 Å². The topological polar surface area (TPSA) is 79.1 Å². The van der Waals surface area contributed by atoms with Gasteiger partial charge in [-0.3, -0.25) is 4.79 Å². The SMILES string of the molecule is C=C(/C=C\C(F)=C/N)N1CCC(C(=O)N2C[C@@H](N(C)C(=O)Oc3ccc(F)cc3)[C@H](c3ccc(Cl)cc3)C2)CC1. The summed E-state index contributed by atoms with van der Waals surface area (Å²) < 4.78 is 32.1. The monoisotopic (exact) mass is 570 g/mol. The van der Waals surface area contributed by atoms with Crippen LogP contribution in [0.25, 0.3) is 0 Å². The summed E-state index contributed by atoms with van der Waals surface area (Å²) in [7, 11) is 1.65. The van der Waals surface area contributed by atoms with E-state index in [2.05, 4.69) is 6.58 Å². The zero-order chi connectivity index (χ0) is 28.8. The van der Waals surface area contributed by atoms with Crippen LogP contribution in [0.15, 0.2) is 85.0 Å². The van der Waals surface area contributed by atoms with Gasteiger partial charge in [-0.1, -0.05) is 30.3 Å². The van der Waals surface area contributed by atoms with E-state index in [-0.39, 0.29) is 29.5 Å². The van der Waals surface area contributed by atoms with Crippen LogP contribution in [0.2, 0.25) is 5.02 Å². The Morgan fingerprint density at radius 1 is 1.05 bits per heavy atom. The summed E-state index contributed by atoms with van der Waals surface area (Å²) in [5.41, 5.74) is 6.79. The molecule has 0 bridgehead atoms. The molecule has 0 unspecified atom stereocenters. The number of rotatable bonds is 7. The first kappa shape index (κ1) is 29.1. The third-order valence-corrected chi connectivity index (χ3v) is 7.80. The van der Waals surface area contributed by atoms with E-state index >= 15 is 0 Å². The second kappa shape index (κ2) is 13.0. The van der Waals surface area contributed by atoms with Crippen molar-refractivity contribution in [3.63, 3.8) is 0 Å². The molecule has 2 saturated heterocycles. The molecule has 10 heteroatoms. The normalized spacial score (nSPS) is 20.1. The minimum absolute atomic E-state index is 0.0414. The summed E-state index contributed by atoms with van der Waals surface area (Å²) in [6.07, 6.45) is 4.40. The molecule has 0 aromatic heterocycles. The predicted octanol–water partition coefficient (Wildman–Crippen LogP) is 5.46. The van der Waals surface area contributed by atoms with E-state index in [1.165, 1.54) is 35.2 Å². The standard InChI is InChI=1S/C30H33ClF2N4O3/c1-20(3-8-25(33)17-34)36-15-13-22(14-16-36)29(38)37-18-27(21-4-6-23(31)7-5-21)28(19-37)35(2)30(39)40-26-11-9-24(32)10-12-26/h3-12,17,22,27-28H,1,13-16,18-19,34H2,2H3/b8-3-,25-17+/t27-,28+/m0/s1. The number of likely N-dealkylation sites (tertiary alicyclic amines) is 2. The number of likely N-dealkylation sites (N-methyl/N-ethyl adjacent to an activating group) is 1. The van der Waals surface area contributed by atoms with Gasteiger partial charge < -0.3 is 25.2 Å². The Kier molecular flexibility index (Phi) is 9.47.